The van der Waals surface area contributed by atoms with Crippen LogP contribution in [0.4, 0.5) is 0 Å². The van der Waals surface area contributed by atoms with Gasteiger partial charge in [0.1, 0.15) is 11.8 Å². The van der Waals surface area contributed by atoms with Gasteiger partial charge in [-0.2, -0.15) is 10.1 Å². The zero-order valence-corrected chi connectivity index (χ0v) is 16.4. The highest BCUT2D eigenvalue weighted by atomic mass is 16.5. The minimum Gasteiger partial charge on any atom is -0.497 e. The van der Waals surface area contributed by atoms with Crippen molar-refractivity contribution in [1.29, 1.82) is 0 Å². The molecule has 152 valence electrons. The highest BCUT2D eigenvalue weighted by Gasteiger charge is 2.19. The van der Waals surface area contributed by atoms with E-state index in [1.807, 2.05) is 12.1 Å². The Morgan fingerprint density at radius 3 is 2.63 bits per heavy atom. The molecule has 4 aromatic rings. The molecule has 0 fully saturated rings. The zero-order chi connectivity index (χ0) is 21.1. The summed E-state index contributed by atoms with van der Waals surface area (Å²) in [6, 6.07) is 13.8. The third-order valence-corrected chi connectivity index (χ3v) is 4.64. The first-order valence-corrected chi connectivity index (χ1v) is 9.29. The van der Waals surface area contributed by atoms with Crippen molar-refractivity contribution in [2.75, 3.05) is 7.11 Å². The lowest BCUT2D eigenvalue weighted by molar-refractivity contribution is -0.121. The summed E-state index contributed by atoms with van der Waals surface area (Å²) < 4.78 is 10.4. The fourth-order valence-corrected chi connectivity index (χ4v) is 3.08. The Balaban J connectivity index is 1.46. The van der Waals surface area contributed by atoms with Crippen molar-refractivity contribution in [2.45, 2.75) is 19.4 Å². The van der Waals surface area contributed by atoms with E-state index in [1.165, 1.54) is 0 Å². The summed E-state index contributed by atoms with van der Waals surface area (Å²) in [4.78, 5) is 28.8. The standard InChI is InChI=1S/C21H19N5O4/c1-12(21-23-19(26-30-21)13-7-9-14(29-2)10-8-13)22-18(27)11-17-15-5-3-4-6-16(15)20(28)25-24-17/h3-10,12H,11H2,1-2H3,(H,22,27)(H,25,28)/t12-/m0/s1. The number of benzene rings is 2. The number of fused-ring (bicyclic) bond motifs is 1. The van der Waals surface area contributed by atoms with Crippen LogP contribution in [0, 0.1) is 0 Å². The van der Waals surface area contributed by atoms with E-state index in [0.717, 1.165) is 11.3 Å². The molecular formula is C21H19N5O4. The van der Waals surface area contributed by atoms with Crippen LogP contribution in [0.3, 0.4) is 0 Å². The summed E-state index contributed by atoms with van der Waals surface area (Å²) >= 11 is 0. The summed E-state index contributed by atoms with van der Waals surface area (Å²) in [6.07, 6.45) is 0.00110. The number of aromatic amines is 1. The van der Waals surface area contributed by atoms with Crippen LogP contribution >= 0.6 is 0 Å². The normalized spacial score (nSPS) is 11.9. The number of rotatable bonds is 6. The monoisotopic (exact) mass is 405 g/mol. The SMILES string of the molecule is COc1ccc(-c2noc([C@H](C)NC(=O)Cc3n[nH]c(=O)c4ccccc34)n2)cc1. The Labute approximate surface area is 171 Å². The van der Waals surface area contributed by atoms with Crippen LogP contribution in [0.15, 0.2) is 57.8 Å². The maximum atomic E-state index is 12.5. The first-order valence-electron chi connectivity index (χ1n) is 9.29. The number of ether oxygens (including phenoxy) is 1. The fourth-order valence-electron chi connectivity index (χ4n) is 3.08. The van der Waals surface area contributed by atoms with Crippen molar-refractivity contribution in [3.05, 3.63) is 70.5 Å². The number of aromatic nitrogens is 4. The quantitative estimate of drug-likeness (QED) is 0.505. The van der Waals surface area contributed by atoms with E-state index in [1.54, 1.807) is 50.4 Å². The van der Waals surface area contributed by atoms with Gasteiger partial charge in [0.2, 0.25) is 17.6 Å². The van der Waals surface area contributed by atoms with E-state index in [2.05, 4.69) is 25.7 Å². The number of carbonyl (C=O) groups excluding carboxylic acids is 1. The van der Waals surface area contributed by atoms with Crippen LogP contribution in [-0.2, 0) is 11.2 Å². The second-order valence-electron chi connectivity index (χ2n) is 6.70. The summed E-state index contributed by atoms with van der Waals surface area (Å²) in [5.74, 6) is 1.15. The molecule has 2 heterocycles. The highest BCUT2D eigenvalue weighted by molar-refractivity contribution is 5.88. The van der Waals surface area contributed by atoms with Crippen LogP contribution in [-0.4, -0.2) is 33.4 Å². The Kier molecular flexibility index (Phi) is 5.25. The topological polar surface area (TPSA) is 123 Å². The molecular weight excluding hydrogens is 386 g/mol. The summed E-state index contributed by atoms with van der Waals surface area (Å²) in [6.45, 7) is 1.75. The average Bonchev–Trinajstić information content (AvgIpc) is 3.26. The predicted octanol–water partition coefficient (Wildman–Crippen LogP) is 2.40. The first kappa shape index (κ1) is 19.3. The molecule has 0 aliphatic heterocycles. The van der Waals surface area contributed by atoms with Crippen molar-refractivity contribution in [3.63, 3.8) is 0 Å². The molecule has 0 saturated heterocycles. The summed E-state index contributed by atoms with van der Waals surface area (Å²) in [5, 5.41) is 14.4. The average molecular weight is 405 g/mol. The van der Waals surface area contributed by atoms with Crippen molar-refractivity contribution >= 4 is 16.7 Å². The van der Waals surface area contributed by atoms with Crippen LogP contribution in [0.5, 0.6) is 5.75 Å². The van der Waals surface area contributed by atoms with E-state index < -0.39 is 6.04 Å². The molecule has 0 unspecified atom stereocenters. The lowest BCUT2D eigenvalue weighted by Crippen LogP contribution is -2.29. The van der Waals surface area contributed by atoms with Gasteiger partial charge in [0.05, 0.1) is 24.6 Å². The van der Waals surface area contributed by atoms with Crippen LogP contribution < -0.4 is 15.6 Å². The van der Waals surface area contributed by atoms with Crippen molar-refractivity contribution < 1.29 is 14.1 Å². The molecule has 0 aliphatic rings. The number of nitrogens with zero attached hydrogens (tertiary/aromatic N) is 3. The van der Waals surface area contributed by atoms with Gasteiger partial charge >= 0.3 is 0 Å². The largest absolute Gasteiger partial charge is 0.497 e. The second-order valence-corrected chi connectivity index (χ2v) is 6.70. The van der Waals surface area contributed by atoms with Crippen LogP contribution in [0.2, 0.25) is 0 Å². The Morgan fingerprint density at radius 1 is 1.17 bits per heavy atom. The lowest BCUT2D eigenvalue weighted by atomic mass is 10.1. The van der Waals surface area contributed by atoms with Gasteiger partial charge < -0.3 is 14.6 Å². The van der Waals surface area contributed by atoms with Gasteiger partial charge in [-0.05, 0) is 37.3 Å². The van der Waals surface area contributed by atoms with Crippen molar-refractivity contribution in [2.24, 2.45) is 0 Å². The molecule has 2 aromatic heterocycles. The molecule has 0 saturated carbocycles. The van der Waals surface area contributed by atoms with Crippen LogP contribution in [0.25, 0.3) is 22.2 Å². The van der Waals surface area contributed by atoms with Gasteiger partial charge in [0, 0.05) is 10.9 Å². The van der Waals surface area contributed by atoms with Gasteiger partial charge in [0.25, 0.3) is 5.56 Å². The van der Waals surface area contributed by atoms with E-state index in [0.29, 0.717) is 22.3 Å². The number of hydrogen-bond donors (Lipinski definition) is 2. The number of carbonyl (C=O) groups is 1. The Hall–Kier alpha value is -4.01. The van der Waals surface area contributed by atoms with Crippen molar-refractivity contribution in [3.8, 4) is 17.1 Å². The fraction of sp³-hybridized carbons (Fsp3) is 0.190. The Morgan fingerprint density at radius 2 is 1.90 bits per heavy atom. The van der Waals surface area contributed by atoms with Gasteiger partial charge in [-0.15, -0.1) is 0 Å². The minimum absolute atomic E-state index is 0.00110. The molecule has 0 bridgehead atoms. The molecule has 2 N–H and O–H groups in total. The number of nitrogens with one attached hydrogen (secondary N) is 2. The van der Waals surface area contributed by atoms with Gasteiger partial charge in [-0.25, -0.2) is 5.10 Å². The van der Waals surface area contributed by atoms with Gasteiger partial charge in [-0.3, -0.25) is 9.59 Å². The lowest BCUT2D eigenvalue weighted by Gasteiger charge is -2.10. The van der Waals surface area contributed by atoms with E-state index in [-0.39, 0.29) is 23.8 Å². The molecule has 0 radical (unpaired) electrons. The number of amides is 1. The van der Waals surface area contributed by atoms with E-state index >= 15 is 0 Å². The molecule has 0 spiro atoms. The molecule has 2 aromatic carbocycles. The molecule has 1 amide bonds. The van der Waals surface area contributed by atoms with Gasteiger partial charge in [-0.1, -0.05) is 23.4 Å². The van der Waals surface area contributed by atoms with Crippen LogP contribution in [0.1, 0.15) is 24.6 Å². The van der Waals surface area contributed by atoms with Crippen molar-refractivity contribution in [1.82, 2.24) is 25.7 Å². The van der Waals surface area contributed by atoms with E-state index in [4.69, 9.17) is 9.26 Å². The molecule has 4 rings (SSSR count). The third kappa shape index (κ3) is 3.90. The smallest absolute Gasteiger partial charge is 0.272 e. The zero-order valence-electron chi connectivity index (χ0n) is 16.4. The minimum atomic E-state index is -0.494. The number of methoxy groups -OCH3 is 1. The molecule has 9 nitrogen and oxygen atoms in total. The molecule has 9 heteroatoms. The first-order chi connectivity index (χ1) is 14.5. The van der Waals surface area contributed by atoms with E-state index in [9.17, 15) is 9.59 Å². The number of H-pyrrole nitrogens is 1. The molecule has 1 atom stereocenters. The molecule has 30 heavy (non-hydrogen) atoms. The second kappa shape index (κ2) is 8.16. The maximum Gasteiger partial charge on any atom is 0.272 e. The summed E-state index contributed by atoms with van der Waals surface area (Å²) in [5.41, 5.74) is 0.965. The third-order valence-electron chi connectivity index (χ3n) is 4.64. The maximum absolute atomic E-state index is 12.5. The summed E-state index contributed by atoms with van der Waals surface area (Å²) in [7, 11) is 1.59. The number of hydrogen-bond acceptors (Lipinski definition) is 7. The van der Waals surface area contributed by atoms with Gasteiger partial charge in [0.15, 0.2) is 0 Å². The molecule has 0 aliphatic carbocycles. The predicted molar refractivity (Wildman–Crippen MR) is 109 cm³/mol. The Bertz CT molecular complexity index is 1250. The highest BCUT2D eigenvalue weighted by Crippen LogP contribution is 2.21.